The first kappa shape index (κ1) is 65.8. The molecule has 4 heterocycles. The number of carbonyl (C=O) groups excluding carboxylic acids is 11. The Hall–Kier alpha value is -8.33. The number of rotatable bonds is 30. The van der Waals surface area contributed by atoms with Gasteiger partial charge >= 0.3 is 0 Å². The second kappa shape index (κ2) is 31.5. The second-order valence-corrected chi connectivity index (χ2v) is 23.4. The van der Waals surface area contributed by atoms with E-state index in [0.717, 1.165) is 34.9 Å². The van der Waals surface area contributed by atoms with Gasteiger partial charge in [-0.25, -0.2) is 4.98 Å². The average molecular weight is 1200 g/mol. The van der Waals surface area contributed by atoms with Gasteiger partial charge in [0.25, 0.3) is 0 Å². The van der Waals surface area contributed by atoms with E-state index >= 15 is 0 Å². The molecule has 2 fully saturated rings. The van der Waals surface area contributed by atoms with Crippen molar-refractivity contribution in [2.24, 2.45) is 23.3 Å². The zero-order valence-corrected chi connectivity index (χ0v) is 49.7. The number of hydrogen-bond acceptors (Lipinski definition) is 14. The zero-order valence-electron chi connectivity index (χ0n) is 48.8. The van der Waals surface area contributed by atoms with Crippen LogP contribution in [0.3, 0.4) is 0 Å². The maximum absolute atomic E-state index is 14.5. The number of nitrogens with zero attached hydrogens (tertiary/aromatic N) is 2. The summed E-state index contributed by atoms with van der Waals surface area (Å²) in [4.78, 5) is 162. The number of carbonyl (C=O) groups is 11. The summed E-state index contributed by atoms with van der Waals surface area (Å²) in [5.41, 5.74) is 14.6. The summed E-state index contributed by atoms with van der Waals surface area (Å²) in [6.07, 6.45) is 6.28. The lowest BCUT2D eigenvalue weighted by atomic mass is 10.0. The van der Waals surface area contributed by atoms with Crippen LogP contribution in [0, 0.1) is 18.8 Å². The molecule has 2 aromatic heterocycles. The molecule has 460 valence electrons. The summed E-state index contributed by atoms with van der Waals surface area (Å²) in [5.74, 6) is -7.95. The number of aryl methyl sites for hydroxylation is 1. The number of amides is 11. The summed E-state index contributed by atoms with van der Waals surface area (Å²) >= 11 is 1.36. The van der Waals surface area contributed by atoms with Gasteiger partial charge in [-0.3, -0.25) is 52.7 Å². The molecular formula is C58H81N15O11S. The van der Waals surface area contributed by atoms with Gasteiger partial charge in [-0.2, -0.15) is 0 Å². The highest BCUT2D eigenvalue weighted by atomic mass is 32.2. The highest BCUT2D eigenvalue weighted by Gasteiger charge is 2.39. The van der Waals surface area contributed by atoms with Gasteiger partial charge in [0.2, 0.25) is 65.0 Å². The number of primary amides is 2. The lowest BCUT2D eigenvalue weighted by molar-refractivity contribution is -0.141. The lowest BCUT2D eigenvalue weighted by Crippen LogP contribution is -2.60. The summed E-state index contributed by atoms with van der Waals surface area (Å²) in [6, 6.07) is 4.30. The third-order valence-electron chi connectivity index (χ3n) is 14.7. The highest BCUT2D eigenvalue weighted by Crippen LogP contribution is 2.24. The van der Waals surface area contributed by atoms with E-state index < -0.39 is 132 Å². The fourth-order valence-electron chi connectivity index (χ4n) is 10.0. The monoisotopic (exact) mass is 1200 g/mol. The minimum absolute atomic E-state index is 0.0646. The number of H-pyrrole nitrogens is 2. The standard InChI is InChI=1S/C58H81N15O11S/c1-31(2)20-45(58(84)73-30-85-28-46(73)50(60)76)71-56(82)44(24-37-26-61-29-65-37)67-48(75)27-64-57(83)49(32(3)4)72-51(77)34(6)66-54(80)43(23-36-25-63-41-21-33(5)15-16-38(36)41)70-53(79)40(17-18-47(59)74)68-55(81)42(22-35-12-8-7-9-13-35)69-52(78)39-14-10-11-19-62-39/h7-9,12-13,15-16,21,25-26,29,31-32,34,39-40,42-46,49,62-63H,10-11,14,17-20,22-24,27-28,30H2,1-6H3,(H2,59,74)(H2,60,76)(H,61,65)(H,64,83)(H,66,80)(H,67,75)(H,68,81)(H,69,78)(H,70,79)(H,71,82)(H,72,77)/t34-,39-,40-,42+,43-,44-,45-,46-,49-/m0/s1. The third-order valence-corrected chi connectivity index (χ3v) is 15.7. The van der Waals surface area contributed by atoms with Crippen molar-refractivity contribution in [1.82, 2.24) is 67.7 Å². The normalized spacial score (nSPS) is 17.5. The van der Waals surface area contributed by atoms with E-state index in [0.29, 0.717) is 30.0 Å². The van der Waals surface area contributed by atoms with E-state index in [2.05, 4.69) is 62.8 Å². The number of fused-ring (bicyclic) bond motifs is 1. The van der Waals surface area contributed by atoms with Crippen molar-refractivity contribution in [3.8, 4) is 0 Å². The molecule has 27 heteroatoms. The molecule has 0 bridgehead atoms. The predicted molar refractivity (Wildman–Crippen MR) is 317 cm³/mol. The largest absolute Gasteiger partial charge is 0.370 e. The summed E-state index contributed by atoms with van der Waals surface area (Å²) < 4.78 is 0. The van der Waals surface area contributed by atoms with Gasteiger partial charge in [-0.1, -0.05) is 76.6 Å². The molecule has 0 spiro atoms. The number of thioether (sulfide) groups is 1. The van der Waals surface area contributed by atoms with Crippen LogP contribution in [-0.4, -0.2) is 164 Å². The van der Waals surface area contributed by atoms with Gasteiger partial charge in [0.05, 0.1) is 24.8 Å². The molecule has 0 saturated carbocycles. The number of aromatic amines is 2. The minimum atomic E-state index is -1.44. The molecule has 2 aromatic carbocycles. The fourth-order valence-corrected chi connectivity index (χ4v) is 11.2. The van der Waals surface area contributed by atoms with Gasteiger partial charge in [-0.15, -0.1) is 11.8 Å². The zero-order chi connectivity index (χ0) is 61.9. The second-order valence-electron chi connectivity index (χ2n) is 22.4. The van der Waals surface area contributed by atoms with Crippen molar-refractivity contribution in [2.75, 3.05) is 24.7 Å². The number of imidazole rings is 1. The van der Waals surface area contributed by atoms with Crippen LogP contribution in [0.5, 0.6) is 0 Å². The number of nitrogens with two attached hydrogens (primary N) is 2. The molecule has 0 aliphatic carbocycles. The fraction of sp³-hybridized carbons (Fsp3) is 0.517. The Labute approximate surface area is 497 Å². The van der Waals surface area contributed by atoms with Crippen LogP contribution in [-0.2, 0) is 72.0 Å². The van der Waals surface area contributed by atoms with Gasteiger partial charge in [-0.05, 0) is 80.7 Å². The van der Waals surface area contributed by atoms with E-state index in [1.807, 2.05) is 45.0 Å². The first-order valence-electron chi connectivity index (χ1n) is 28.6. The van der Waals surface area contributed by atoms with Crippen molar-refractivity contribution < 1.29 is 52.7 Å². The molecule has 26 nitrogen and oxygen atoms in total. The molecule has 9 atom stereocenters. The van der Waals surface area contributed by atoms with Crippen LogP contribution in [0.4, 0.5) is 0 Å². The van der Waals surface area contributed by atoms with Crippen LogP contribution in [0.2, 0.25) is 0 Å². The van der Waals surface area contributed by atoms with Crippen molar-refractivity contribution in [1.29, 1.82) is 0 Å². The molecule has 0 unspecified atom stereocenters. The lowest BCUT2D eigenvalue weighted by Gasteiger charge is -2.29. The Morgan fingerprint density at radius 3 is 2.04 bits per heavy atom. The first-order valence-corrected chi connectivity index (χ1v) is 29.8. The van der Waals surface area contributed by atoms with E-state index in [9.17, 15) is 52.7 Å². The van der Waals surface area contributed by atoms with Crippen molar-refractivity contribution in [3.05, 3.63) is 89.6 Å². The average Bonchev–Trinajstić information content (AvgIpc) is 3.64. The molecule has 6 rings (SSSR count). The van der Waals surface area contributed by atoms with Gasteiger partial charge in [0.15, 0.2) is 0 Å². The molecule has 2 aliphatic rings. The minimum Gasteiger partial charge on any atom is -0.370 e. The Morgan fingerprint density at radius 1 is 0.718 bits per heavy atom. The molecule has 85 heavy (non-hydrogen) atoms. The molecule has 4 aromatic rings. The molecule has 2 saturated heterocycles. The Balaban J connectivity index is 1.13. The van der Waals surface area contributed by atoms with E-state index in [-0.39, 0.29) is 50.3 Å². The quantitative estimate of drug-likeness (QED) is 0.0306. The van der Waals surface area contributed by atoms with Crippen LogP contribution in [0.15, 0.2) is 67.3 Å². The molecular weight excluding hydrogens is 1110 g/mol. The Kier molecular flexibility index (Phi) is 24.4. The smallest absolute Gasteiger partial charge is 0.246 e. The molecule has 2 aliphatic heterocycles. The van der Waals surface area contributed by atoms with Crippen molar-refractivity contribution in [2.45, 2.75) is 154 Å². The SMILES string of the molecule is Cc1ccc2c(C[C@H](NC(=O)[C@H](CCC(N)=O)NC(=O)[C@@H](Cc3ccccc3)NC(=O)[C@@H]3CCCCN3)C(=O)N[C@@H](C)C(=O)N[C@H](C(=O)NCC(=O)N[C@@H](Cc3cnc[nH]3)C(=O)N[C@@H](CC(C)C)C(=O)N3CSC[C@H]3C(N)=O)C(C)C)c[nH]c2c1. The van der Waals surface area contributed by atoms with Crippen molar-refractivity contribution >= 4 is 87.6 Å². The van der Waals surface area contributed by atoms with Crippen LogP contribution in [0.25, 0.3) is 10.9 Å². The maximum Gasteiger partial charge on any atom is 0.246 e. The number of aromatic nitrogens is 3. The Morgan fingerprint density at radius 2 is 1.39 bits per heavy atom. The van der Waals surface area contributed by atoms with Crippen LogP contribution >= 0.6 is 11.8 Å². The number of piperidine rings is 1. The third kappa shape index (κ3) is 19.6. The van der Waals surface area contributed by atoms with Crippen LogP contribution in [0.1, 0.15) is 95.5 Å². The van der Waals surface area contributed by atoms with Gasteiger partial charge < -0.3 is 74.2 Å². The Bertz CT molecular complexity index is 3000. The molecule has 0 radical (unpaired) electrons. The highest BCUT2D eigenvalue weighted by molar-refractivity contribution is 7.99. The molecule has 11 amide bonds. The number of nitrogens with one attached hydrogen (secondary N) is 11. The summed E-state index contributed by atoms with van der Waals surface area (Å²) in [5, 5.41) is 25.4. The summed E-state index contributed by atoms with van der Waals surface area (Å²) in [7, 11) is 0. The predicted octanol–water partition coefficient (Wildman–Crippen LogP) is -0.746. The van der Waals surface area contributed by atoms with E-state index in [1.165, 1.54) is 36.1 Å². The first-order chi connectivity index (χ1) is 40.5. The molecule has 15 N–H and O–H groups in total. The van der Waals surface area contributed by atoms with E-state index in [4.69, 9.17) is 11.5 Å². The van der Waals surface area contributed by atoms with Gasteiger partial charge in [0.1, 0.15) is 48.3 Å². The summed E-state index contributed by atoms with van der Waals surface area (Å²) in [6.45, 7) is 10.3. The van der Waals surface area contributed by atoms with Gasteiger partial charge in [0, 0.05) is 60.4 Å². The number of hydrogen-bond donors (Lipinski definition) is 13. The van der Waals surface area contributed by atoms with Crippen molar-refractivity contribution in [3.63, 3.8) is 0 Å². The van der Waals surface area contributed by atoms with Crippen LogP contribution < -0.4 is 59.3 Å². The number of benzene rings is 2. The van der Waals surface area contributed by atoms with E-state index in [1.54, 1.807) is 44.3 Å². The maximum atomic E-state index is 14.5. The topological polar surface area (TPSA) is 396 Å².